The molecule has 136 valence electrons. The summed E-state index contributed by atoms with van der Waals surface area (Å²) in [6.45, 7) is 2.88. The maximum Gasteiger partial charge on any atom is 0.134 e. The first-order valence-corrected chi connectivity index (χ1v) is 7.90. The molecule has 4 rings (SSSR count). The summed E-state index contributed by atoms with van der Waals surface area (Å²) in [6, 6.07) is 9.05. The van der Waals surface area contributed by atoms with Crippen molar-refractivity contribution in [3.05, 3.63) is 48.0 Å². The molecule has 1 aromatic carbocycles. The Kier molecular flexibility index (Phi) is 6.08. The van der Waals surface area contributed by atoms with E-state index in [-0.39, 0.29) is 36.7 Å². The Morgan fingerprint density at radius 3 is 2.64 bits per heavy atom. The van der Waals surface area contributed by atoms with E-state index in [9.17, 15) is 4.39 Å². The first-order chi connectivity index (χ1) is 11.1. The highest BCUT2D eigenvalue weighted by Crippen LogP contribution is 2.44. The number of nitrogens with two attached hydrogens (primary N) is 1. The van der Waals surface area contributed by atoms with E-state index in [4.69, 9.17) is 5.73 Å². The Morgan fingerprint density at radius 2 is 1.92 bits per heavy atom. The lowest BCUT2D eigenvalue weighted by Crippen LogP contribution is -2.29. The second kappa shape index (κ2) is 7.72. The van der Waals surface area contributed by atoms with Crippen molar-refractivity contribution in [2.45, 2.75) is 6.04 Å². The van der Waals surface area contributed by atoms with Crippen molar-refractivity contribution in [1.29, 1.82) is 0 Å². The molecule has 2 fully saturated rings. The Bertz CT molecular complexity index is 732. The van der Waals surface area contributed by atoms with E-state index in [1.807, 2.05) is 12.1 Å². The van der Waals surface area contributed by atoms with E-state index in [1.165, 1.54) is 12.4 Å². The Balaban J connectivity index is 0.00000113. The minimum Gasteiger partial charge on any atom is -0.384 e. The molecule has 0 unspecified atom stereocenters. The molecular weight excluding hydrogens is 364 g/mol. The van der Waals surface area contributed by atoms with Gasteiger partial charge in [-0.1, -0.05) is 12.1 Å². The lowest BCUT2D eigenvalue weighted by molar-refractivity contribution is 0.279. The van der Waals surface area contributed by atoms with Crippen LogP contribution in [0.4, 0.5) is 16.0 Å². The summed E-state index contributed by atoms with van der Waals surface area (Å²) in [7, 11) is 2.13. The first-order valence-electron chi connectivity index (χ1n) is 7.90. The maximum atomic E-state index is 13.6. The molecule has 8 heteroatoms. The molecule has 0 bridgehead atoms. The van der Waals surface area contributed by atoms with E-state index >= 15 is 0 Å². The molecule has 2 saturated heterocycles. The molecule has 5 nitrogen and oxygen atoms in total. The summed E-state index contributed by atoms with van der Waals surface area (Å²) >= 11 is 0. The fraction of sp³-hybridized carbons (Fsp3) is 0.412. The predicted molar refractivity (Wildman–Crippen MR) is 102 cm³/mol. The van der Waals surface area contributed by atoms with Gasteiger partial charge in [0.15, 0.2) is 0 Å². The molecule has 3 atom stereocenters. The van der Waals surface area contributed by atoms with Crippen LogP contribution in [0.2, 0.25) is 0 Å². The van der Waals surface area contributed by atoms with Crippen LogP contribution in [0.15, 0.2) is 36.7 Å². The van der Waals surface area contributed by atoms with Gasteiger partial charge in [0.25, 0.3) is 0 Å². The Labute approximate surface area is 159 Å². The van der Waals surface area contributed by atoms with Crippen molar-refractivity contribution < 1.29 is 4.39 Å². The van der Waals surface area contributed by atoms with Gasteiger partial charge in [0.2, 0.25) is 0 Å². The number of nitrogen functional groups attached to an aromatic ring is 1. The Morgan fingerprint density at radius 1 is 1.12 bits per heavy atom. The molecule has 0 saturated carbocycles. The third-order valence-corrected chi connectivity index (χ3v) is 5.08. The van der Waals surface area contributed by atoms with E-state index in [1.54, 1.807) is 12.1 Å². The predicted octanol–water partition coefficient (Wildman–Crippen LogP) is 2.78. The molecule has 0 amide bonds. The zero-order chi connectivity index (χ0) is 16.0. The molecule has 2 aromatic rings. The second-order valence-corrected chi connectivity index (χ2v) is 6.57. The molecule has 2 N–H and O–H groups in total. The number of hydrogen-bond acceptors (Lipinski definition) is 5. The zero-order valence-corrected chi connectivity index (χ0v) is 15.5. The second-order valence-electron chi connectivity index (χ2n) is 6.57. The van der Waals surface area contributed by atoms with Gasteiger partial charge in [-0.3, -0.25) is 4.90 Å². The number of anilines is 2. The van der Waals surface area contributed by atoms with Crippen LogP contribution in [0.5, 0.6) is 0 Å². The van der Waals surface area contributed by atoms with Crippen molar-refractivity contribution >= 4 is 36.4 Å². The van der Waals surface area contributed by atoms with Crippen molar-refractivity contribution in [3.8, 4) is 0 Å². The summed E-state index contributed by atoms with van der Waals surface area (Å²) in [6.07, 6.45) is 1.51. The number of hydrogen-bond donors (Lipinski definition) is 1. The number of benzene rings is 1. The lowest BCUT2D eigenvalue weighted by atomic mass is 9.89. The number of likely N-dealkylation sites (tertiary alicyclic amines) is 1. The summed E-state index contributed by atoms with van der Waals surface area (Å²) in [4.78, 5) is 12.9. The van der Waals surface area contributed by atoms with Crippen molar-refractivity contribution in [2.24, 2.45) is 11.8 Å². The number of halogens is 3. The molecule has 0 radical (unpaired) electrons. The van der Waals surface area contributed by atoms with Crippen molar-refractivity contribution in [3.63, 3.8) is 0 Å². The molecule has 25 heavy (non-hydrogen) atoms. The van der Waals surface area contributed by atoms with Crippen LogP contribution in [-0.2, 0) is 0 Å². The monoisotopic (exact) mass is 385 g/mol. The van der Waals surface area contributed by atoms with Crippen molar-refractivity contribution in [2.75, 3.05) is 37.3 Å². The standard InChI is InChI=1S/C17H20FN5.2ClH/c1-22-7-12-8-23(16-6-15(19)20-10-21-16)9-14(12)17(22)11-3-2-4-13(18)5-11;;/h2-6,10,12,14,17H,7-9H2,1H3,(H2,19,20,21);2*1H/t12-,14+,17-;;/m0../s1. The highest BCUT2D eigenvalue weighted by Gasteiger charge is 2.46. The summed E-state index contributed by atoms with van der Waals surface area (Å²) in [5.74, 6) is 2.23. The van der Waals surface area contributed by atoms with Crippen LogP contribution >= 0.6 is 24.8 Å². The van der Waals surface area contributed by atoms with Gasteiger partial charge in [0.05, 0.1) is 0 Å². The molecule has 0 aliphatic carbocycles. The van der Waals surface area contributed by atoms with Gasteiger partial charge in [-0.05, 0) is 30.7 Å². The quantitative estimate of drug-likeness (QED) is 0.860. The number of nitrogens with zero attached hydrogens (tertiary/aromatic N) is 4. The molecule has 2 aliphatic heterocycles. The van der Waals surface area contributed by atoms with E-state index < -0.39 is 0 Å². The van der Waals surface area contributed by atoms with E-state index in [2.05, 4.69) is 26.8 Å². The zero-order valence-electron chi connectivity index (χ0n) is 13.9. The Hall–Kier alpha value is -1.63. The van der Waals surface area contributed by atoms with Crippen LogP contribution in [-0.4, -0.2) is 41.5 Å². The summed E-state index contributed by atoms with van der Waals surface area (Å²) in [5, 5.41) is 0. The topological polar surface area (TPSA) is 58.3 Å². The lowest BCUT2D eigenvalue weighted by Gasteiger charge is -2.27. The SMILES string of the molecule is CN1C[C@H]2CN(c3cc(N)ncn3)C[C@H]2[C@@H]1c1cccc(F)c1.Cl.Cl. The van der Waals surface area contributed by atoms with Gasteiger partial charge in [0.1, 0.15) is 23.8 Å². The van der Waals surface area contributed by atoms with Gasteiger partial charge in [0, 0.05) is 37.7 Å². The molecule has 3 heterocycles. The normalized spacial score (nSPS) is 25.2. The maximum absolute atomic E-state index is 13.6. The fourth-order valence-corrected chi connectivity index (χ4v) is 4.17. The van der Waals surface area contributed by atoms with Crippen LogP contribution in [0, 0.1) is 17.7 Å². The number of rotatable bonds is 2. The third-order valence-electron chi connectivity index (χ3n) is 5.08. The van der Waals surface area contributed by atoms with Crippen LogP contribution in [0.3, 0.4) is 0 Å². The molecule has 0 spiro atoms. The molecule has 2 aliphatic rings. The fourth-order valence-electron chi connectivity index (χ4n) is 4.17. The summed E-state index contributed by atoms with van der Waals surface area (Å²) < 4.78 is 13.6. The summed E-state index contributed by atoms with van der Waals surface area (Å²) in [5.41, 5.74) is 6.83. The van der Waals surface area contributed by atoms with Gasteiger partial charge in [-0.25, -0.2) is 14.4 Å². The van der Waals surface area contributed by atoms with Crippen LogP contribution in [0.25, 0.3) is 0 Å². The van der Waals surface area contributed by atoms with Crippen molar-refractivity contribution in [1.82, 2.24) is 14.9 Å². The van der Waals surface area contributed by atoms with E-state index in [0.717, 1.165) is 31.0 Å². The number of aromatic nitrogens is 2. The highest BCUT2D eigenvalue weighted by molar-refractivity contribution is 5.85. The minimum atomic E-state index is -0.169. The minimum absolute atomic E-state index is 0. The van der Waals surface area contributed by atoms with Gasteiger partial charge in [-0.15, -0.1) is 24.8 Å². The van der Waals surface area contributed by atoms with Gasteiger partial charge < -0.3 is 10.6 Å². The molecule has 1 aromatic heterocycles. The first kappa shape index (κ1) is 19.7. The molecular formula is C17H22Cl2FN5. The largest absolute Gasteiger partial charge is 0.384 e. The van der Waals surface area contributed by atoms with Crippen LogP contribution in [0.1, 0.15) is 11.6 Å². The highest BCUT2D eigenvalue weighted by atomic mass is 35.5. The average molecular weight is 386 g/mol. The number of fused-ring (bicyclic) bond motifs is 1. The third kappa shape index (κ3) is 3.66. The van der Waals surface area contributed by atoms with Crippen LogP contribution < -0.4 is 10.6 Å². The smallest absolute Gasteiger partial charge is 0.134 e. The van der Waals surface area contributed by atoms with E-state index in [0.29, 0.717) is 17.7 Å². The average Bonchev–Trinajstić information content (AvgIpc) is 3.03. The van der Waals surface area contributed by atoms with Gasteiger partial charge in [-0.2, -0.15) is 0 Å². The van der Waals surface area contributed by atoms with Gasteiger partial charge >= 0.3 is 0 Å².